The number of fused-ring (bicyclic) bond motifs is 1. The van der Waals surface area contributed by atoms with Crippen LogP contribution in [0.5, 0.6) is 0 Å². The number of benzene rings is 3. The van der Waals surface area contributed by atoms with E-state index in [0.29, 0.717) is 17.8 Å². The zero-order valence-corrected chi connectivity index (χ0v) is 25.3. The van der Waals surface area contributed by atoms with Crippen molar-refractivity contribution in [3.05, 3.63) is 107 Å². The summed E-state index contributed by atoms with van der Waals surface area (Å²) in [5.74, 6) is -0.620. The molecule has 1 aromatic heterocycles. The predicted octanol–water partition coefficient (Wildman–Crippen LogP) is 3.90. The number of hydrogen-bond donors (Lipinski definition) is 4. The first-order valence-electron chi connectivity index (χ1n) is 14.0. The van der Waals surface area contributed by atoms with E-state index in [1.165, 1.54) is 0 Å². The molecular formula is C32H33N5O6S. The summed E-state index contributed by atoms with van der Waals surface area (Å²) in [5.41, 5.74) is 2.75. The van der Waals surface area contributed by atoms with E-state index in [1.54, 1.807) is 45.0 Å². The Morgan fingerprint density at radius 1 is 0.886 bits per heavy atom. The van der Waals surface area contributed by atoms with E-state index >= 15 is 0 Å². The molecule has 12 heteroatoms. The number of aromatic nitrogens is 2. The molecule has 5 rings (SSSR count). The molecule has 0 saturated carbocycles. The summed E-state index contributed by atoms with van der Waals surface area (Å²) in [6, 6.07) is 21.9. The van der Waals surface area contributed by atoms with Crippen molar-refractivity contribution in [1.29, 1.82) is 0 Å². The predicted molar refractivity (Wildman–Crippen MR) is 165 cm³/mol. The topological polar surface area (TPSA) is 159 Å². The molecule has 0 aliphatic carbocycles. The van der Waals surface area contributed by atoms with Gasteiger partial charge in [-0.05, 0) is 56.0 Å². The molecule has 4 aromatic rings. The van der Waals surface area contributed by atoms with E-state index in [-0.39, 0.29) is 11.3 Å². The maximum absolute atomic E-state index is 13.8. The van der Waals surface area contributed by atoms with Crippen LogP contribution in [0.3, 0.4) is 0 Å². The first-order chi connectivity index (χ1) is 20.9. The number of amides is 3. The second kappa shape index (κ2) is 12.3. The van der Waals surface area contributed by atoms with Crippen molar-refractivity contribution >= 4 is 43.9 Å². The number of imidazole rings is 1. The second-order valence-electron chi connectivity index (χ2n) is 11.5. The number of sulfonamides is 1. The third kappa shape index (κ3) is 7.51. The highest BCUT2D eigenvalue weighted by Crippen LogP contribution is 2.26. The molecule has 2 atom stereocenters. The summed E-state index contributed by atoms with van der Waals surface area (Å²) in [6.07, 6.45) is 0.851. The van der Waals surface area contributed by atoms with Gasteiger partial charge in [-0.25, -0.2) is 22.9 Å². The summed E-state index contributed by atoms with van der Waals surface area (Å²) < 4.78 is 31.9. The Bertz CT molecular complexity index is 1790. The van der Waals surface area contributed by atoms with Gasteiger partial charge in [-0.3, -0.25) is 9.59 Å². The number of alkyl carbamates (subject to hydrolysis) is 1. The van der Waals surface area contributed by atoms with Crippen LogP contribution in [0.25, 0.3) is 15.9 Å². The third-order valence-corrected chi connectivity index (χ3v) is 8.21. The second-order valence-corrected chi connectivity index (χ2v) is 13.1. The minimum Gasteiger partial charge on any atom is -0.444 e. The summed E-state index contributed by atoms with van der Waals surface area (Å²) >= 11 is 0. The Balaban J connectivity index is 1.42. The molecule has 0 fully saturated rings. The van der Waals surface area contributed by atoms with Crippen molar-refractivity contribution in [1.82, 2.24) is 25.3 Å². The van der Waals surface area contributed by atoms with Gasteiger partial charge >= 0.3 is 6.09 Å². The zero-order valence-electron chi connectivity index (χ0n) is 24.5. The van der Waals surface area contributed by atoms with Gasteiger partial charge in [-0.2, -0.15) is 0 Å². The largest absolute Gasteiger partial charge is 0.444 e. The van der Waals surface area contributed by atoms with Crippen LogP contribution in [0.2, 0.25) is 0 Å². The van der Waals surface area contributed by atoms with Gasteiger partial charge in [0.2, 0.25) is 5.91 Å². The number of rotatable bonds is 9. The maximum Gasteiger partial charge on any atom is 0.408 e. The molecule has 0 spiro atoms. The lowest BCUT2D eigenvalue weighted by Gasteiger charge is -2.25. The lowest BCUT2D eigenvalue weighted by Crippen LogP contribution is -2.50. The van der Waals surface area contributed by atoms with E-state index in [4.69, 9.17) is 9.72 Å². The van der Waals surface area contributed by atoms with Crippen LogP contribution in [0, 0.1) is 0 Å². The van der Waals surface area contributed by atoms with Gasteiger partial charge < -0.3 is 20.4 Å². The van der Waals surface area contributed by atoms with Crippen LogP contribution in [-0.2, 0) is 37.2 Å². The molecule has 3 amide bonds. The highest BCUT2D eigenvalue weighted by atomic mass is 32.2. The Labute approximate surface area is 255 Å². The molecule has 1 aliphatic rings. The Morgan fingerprint density at radius 2 is 1.55 bits per heavy atom. The SMILES string of the molecule is CC(C)(C)OC(=O)N[C@@H](Cc1ccccc1)C(=O)NC(Cc1ccc(C2=CC(=O)NS2(=O)=O)cc1)c1nc2ccccc2[nH]1. The van der Waals surface area contributed by atoms with Crippen LogP contribution < -0.4 is 15.4 Å². The van der Waals surface area contributed by atoms with Crippen LogP contribution in [0.1, 0.15) is 49.3 Å². The number of aromatic amines is 1. The Hall–Kier alpha value is -4.97. The number of carbonyl (C=O) groups is 3. The number of para-hydroxylation sites is 2. The zero-order chi connectivity index (χ0) is 31.5. The summed E-state index contributed by atoms with van der Waals surface area (Å²) in [7, 11) is -3.91. The molecular weight excluding hydrogens is 582 g/mol. The molecule has 0 saturated heterocycles. The average molecular weight is 616 g/mol. The maximum atomic E-state index is 13.8. The normalized spacial score (nSPS) is 15.6. The Morgan fingerprint density at radius 3 is 2.18 bits per heavy atom. The fraction of sp³-hybridized carbons (Fsp3) is 0.250. The van der Waals surface area contributed by atoms with Gasteiger partial charge in [-0.15, -0.1) is 0 Å². The van der Waals surface area contributed by atoms with Gasteiger partial charge in [-0.1, -0.05) is 66.7 Å². The first-order valence-corrected chi connectivity index (χ1v) is 15.5. The molecule has 11 nitrogen and oxygen atoms in total. The molecule has 3 aromatic carbocycles. The highest BCUT2D eigenvalue weighted by molar-refractivity contribution is 7.99. The molecule has 1 aliphatic heterocycles. The number of hydrogen-bond acceptors (Lipinski definition) is 7. The van der Waals surface area contributed by atoms with E-state index in [0.717, 1.165) is 28.2 Å². The van der Waals surface area contributed by atoms with Gasteiger partial charge in [0.1, 0.15) is 22.4 Å². The lowest BCUT2D eigenvalue weighted by atomic mass is 10.0. The van der Waals surface area contributed by atoms with Crippen molar-refractivity contribution in [2.75, 3.05) is 0 Å². The monoisotopic (exact) mass is 615 g/mol. The number of nitrogens with one attached hydrogen (secondary N) is 4. The number of H-pyrrole nitrogens is 1. The van der Waals surface area contributed by atoms with Crippen LogP contribution in [0.15, 0.2) is 84.9 Å². The van der Waals surface area contributed by atoms with Gasteiger partial charge in [0.15, 0.2) is 0 Å². The number of carbonyl (C=O) groups excluding carboxylic acids is 3. The minimum atomic E-state index is -3.91. The van der Waals surface area contributed by atoms with Crippen LogP contribution in [0.4, 0.5) is 4.79 Å². The van der Waals surface area contributed by atoms with E-state index < -0.39 is 45.6 Å². The number of ether oxygens (including phenoxy) is 1. The minimum absolute atomic E-state index is 0.104. The summed E-state index contributed by atoms with van der Waals surface area (Å²) in [6.45, 7) is 5.23. The van der Waals surface area contributed by atoms with Gasteiger partial charge in [0, 0.05) is 12.5 Å². The lowest BCUT2D eigenvalue weighted by molar-refractivity contribution is -0.124. The molecule has 0 bridgehead atoms. The fourth-order valence-corrected chi connectivity index (χ4v) is 5.97. The van der Waals surface area contributed by atoms with Crippen LogP contribution >= 0.6 is 0 Å². The molecule has 4 N–H and O–H groups in total. The third-order valence-electron chi connectivity index (χ3n) is 6.81. The van der Waals surface area contributed by atoms with Crippen molar-refractivity contribution in [3.8, 4) is 0 Å². The van der Waals surface area contributed by atoms with E-state index in [2.05, 4.69) is 15.6 Å². The summed E-state index contributed by atoms with van der Waals surface area (Å²) in [5, 5.41) is 5.77. The average Bonchev–Trinajstić information content (AvgIpc) is 3.51. The smallest absolute Gasteiger partial charge is 0.408 e. The van der Waals surface area contributed by atoms with Gasteiger partial charge in [0.25, 0.3) is 15.9 Å². The molecule has 0 radical (unpaired) electrons. The quantitative estimate of drug-likeness (QED) is 0.222. The van der Waals surface area contributed by atoms with Crippen LogP contribution in [-0.4, -0.2) is 47.9 Å². The standard InChI is InChI=1S/C32H33N5O6S/c1-32(2,3)43-31(40)36-26(18-20-9-5-4-6-10-20)30(39)35-25(29-33-23-11-7-8-12-24(23)34-29)17-21-13-15-22(16-14-21)27-19-28(38)37-44(27,41)42/h4-16,19,25-26H,17-18H2,1-3H3,(H,33,34)(H,35,39)(H,36,40)(H,37,38)/t25?,26-/m0/s1. The van der Waals surface area contributed by atoms with Crippen molar-refractivity contribution in [2.24, 2.45) is 0 Å². The van der Waals surface area contributed by atoms with E-state index in [1.807, 2.05) is 59.3 Å². The summed E-state index contributed by atoms with van der Waals surface area (Å²) in [4.78, 5) is 46.1. The Kier molecular flexibility index (Phi) is 8.54. The molecule has 2 heterocycles. The highest BCUT2D eigenvalue weighted by Gasteiger charge is 2.30. The van der Waals surface area contributed by atoms with Crippen molar-refractivity contribution in [2.45, 2.75) is 51.3 Å². The van der Waals surface area contributed by atoms with Crippen molar-refractivity contribution < 1.29 is 27.5 Å². The molecule has 228 valence electrons. The number of nitrogens with zero attached hydrogens (tertiary/aromatic N) is 1. The molecule has 44 heavy (non-hydrogen) atoms. The van der Waals surface area contributed by atoms with E-state index in [9.17, 15) is 22.8 Å². The fourth-order valence-electron chi connectivity index (χ4n) is 4.83. The molecule has 1 unspecified atom stereocenters. The first kappa shape index (κ1) is 30.5. The van der Waals surface area contributed by atoms with Gasteiger partial charge in [0.05, 0.1) is 17.1 Å². The van der Waals surface area contributed by atoms with Crippen molar-refractivity contribution in [3.63, 3.8) is 0 Å².